The van der Waals surface area contributed by atoms with Gasteiger partial charge < -0.3 is 29.2 Å². The molecule has 2 N–H and O–H groups in total. The number of aliphatic hydroxyl groups is 2. The van der Waals surface area contributed by atoms with Crippen LogP contribution in [0.4, 0.5) is 0 Å². The zero-order chi connectivity index (χ0) is 11.4. The van der Waals surface area contributed by atoms with Crippen LogP contribution in [0.2, 0.25) is 0 Å². The molecule has 0 spiro atoms. The quantitative estimate of drug-likeness (QED) is 0.618. The molecule has 0 aromatic carbocycles. The maximum atomic E-state index is 9.59. The molecule has 0 aliphatic carbocycles. The topological polar surface area (TPSA) is 77.4 Å². The van der Waals surface area contributed by atoms with Crippen LogP contribution >= 0.6 is 0 Å². The van der Waals surface area contributed by atoms with Gasteiger partial charge in [0.15, 0.2) is 6.29 Å². The number of rotatable bonds is 4. The van der Waals surface area contributed by atoms with Crippen molar-refractivity contribution in [3.8, 4) is 0 Å². The summed E-state index contributed by atoms with van der Waals surface area (Å²) in [5.41, 5.74) is 0. The minimum Gasteiger partial charge on any atom is -0.394 e. The Labute approximate surface area is 88.7 Å². The first-order chi connectivity index (χ1) is 7.19. The molecular formula is C9H18O6. The average molecular weight is 222 g/mol. The Morgan fingerprint density at radius 2 is 1.53 bits per heavy atom. The second kappa shape index (κ2) is 5.74. The summed E-state index contributed by atoms with van der Waals surface area (Å²) in [6.07, 6.45) is -3.29. The van der Waals surface area contributed by atoms with Gasteiger partial charge in [-0.3, -0.25) is 0 Å². The lowest BCUT2D eigenvalue weighted by Gasteiger charge is -2.42. The van der Waals surface area contributed by atoms with Crippen molar-refractivity contribution in [3.63, 3.8) is 0 Å². The van der Waals surface area contributed by atoms with Crippen LogP contribution in [0.3, 0.4) is 0 Å². The molecule has 1 rings (SSSR count). The minimum atomic E-state index is -1.12. The van der Waals surface area contributed by atoms with Crippen LogP contribution in [0.25, 0.3) is 0 Å². The molecule has 1 fully saturated rings. The SMILES string of the molecule is CO[C@@H]1[C@H](OC)[C@@H](O)O[C@H](CO)[C@H]1OC. The maximum absolute atomic E-state index is 9.59. The molecule has 0 aromatic rings. The largest absolute Gasteiger partial charge is 0.394 e. The normalized spacial score (nSPS) is 41.8. The molecule has 0 radical (unpaired) electrons. The van der Waals surface area contributed by atoms with Gasteiger partial charge in [0.1, 0.15) is 24.4 Å². The highest BCUT2D eigenvalue weighted by Crippen LogP contribution is 2.25. The number of hydrogen-bond acceptors (Lipinski definition) is 6. The van der Waals surface area contributed by atoms with Crippen molar-refractivity contribution >= 4 is 0 Å². The van der Waals surface area contributed by atoms with Crippen molar-refractivity contribution < 1.29 is 29.2 Å². The maximum Gasteiger partial charge on any atom is 0.184 e. The fraction of sp³-hybridized carbons (Fsp3) is 1.00. The Morgan fingerprint density at radius 3 is 1.93 bits per heavy atom. The van der Waals surface area contributed by atoms with Crippen molar-refractivity contribution in [2.45, 2.75) is 30.7 Å². The number of methoxy groups -OCH3 is 3. The Kier molecular flexibility index (Phi) is 4.91. The highest BCUT2D eigenvalue weighted by molar-refractivity contribution is 4.91. The van der Waals surface area contributed by atoms with Gasteiger partial charge in [-0.05, 0) is 0 Å². The van der Waals surface area contributed by atoms with Crippen LogP contribution in [-0.4, -0.2) is 68.9 Å². The van der Waals surface area contributed by atoms with Crippen LogP contribution in [0.5, 0.6) is 0 Å². The lowest BCUT2D eigenvalue weighted by molar-refractivity contribution is -0.299. The van der Waals surface area contributed by atoms with E-state index in [0.717, 1.165) is 0 Å². The third-order valence-corrected chi connectivity index (χ3v) is 2.61. The van der Waals surface area contributed by atoms with Crippen LogP contribution in [-0.2, 0) is 18.9 Å². The van der Waals surface area contributed by atoms with Gasteiger partial charge >= 0.3 is 0 Å². The van der Waals surface area contributed by atoms with Crippen molar-refractivity contribution in [1.29, 1.82) is 0 Å². The Bertz CT molecular complexity index is 187. The second-order valence-corrected chi connectivity index (χ2v) is 3.35. The molecular weight excluding hydrogens is 204 g/mol. The number of aliphatic hydroxyl groups excluding tert-OH is 2. The summed E-state index contributed by atoms with van der Waals surface area (Å²) in [7, 11) is 4.44. The lowest BCUT2D eigenvalue weighted by atomic mass is 9.99. The monoisotopic (exact) mass is 222 g/mol. The Morgan fingerprint density at radius 1 is 1.00 bits per heavy atom. The third kappa shape index (κ3) is 2.47. The van der Waals surface area contributed by atoms with Crippen LogP contribution < -0.4 is 0 Å². The van der Waals surface area contributed by atoms with Gasteiger partial charge in [-0.2, -0.15) is 0 Å². The fourth-order valence-corrected chi connectivity index (χ4v) is 1.85. The first kappa shape index (κ1) is 12.8. The summed E-state index contributed by atoms with van der Waals surface area (Å²) in [4.78, 5) is 0. The predicted molar refractivity (Wildman–Crippen MR) is 50.4 cm³/mol. The molecule has 1 aliphatic rings. The van der Waals surface area contributed by atoms with Gasteiger partial charge in [0.2, 0.25) is 0 Å². The molecule has 0 unspecified atom stereocenters. The summed E-state index contributed by atoms with van der Waals surface area (Å²) >= 11 is 0. The van der Waals surface area contributed by atoms with E-state index in [1.54, 1.807) is 0 Å². The summed E-state index contributed by atoms with van der Waals surface area (Å²) in [6, 6.07) is 0. The van der Waals surface area contributed by atoms with Crippen molar-refractivity contribution in [2.24, 2.45) is 0 Å². The zero-order valence-electron chi connectivity index (χ0n) is 9.12. The molecule has 1 heterocycles. The van der Waals surface area contributed by atoms with E-state index in [9.17, 15) is 5.11 Å². The van der Waals surface area contributed by atoms with E-state index < -0.39 is 30.7 Å². The van der Waals surface area contributed by atoms with E-state index in [-0.39, 0.29) is 6.61 Å². The first-order valence-corrected chi connectivity index (χ1v) is 4.72. The van der Waals surface area contributed by atoms with E-state index in [2.05, 4.69) is 0 Å². The second-order valence-electron chi connectivity index (χ2n) is 3.35. The van der Waals surface area contributed by atoms with Gasteiger partial charge in [-0.15, -0.1) is 0 Å². The molecule has 1 aliphatic heterocycles. The summed E-state index contributed by atoms with van der Waals surface area (Å²) < 4.78 is 20.6. The summed E-state index contributed by atoms with van der Waals surface area (Å²) in [5.74, 6) is 0. The van der Waals surface area contributed by atoms with Crippen LogP contribution in [0.1, 0.15) is 0 Å². The standard InChI is InChI=1S/C9H18O6/c1-12-6-5(4-10)15-9(11)8(14-3)7(6)13-2/h5-11H,4H2,1-3H3/t5-,6-,7+,8+,9+/m1/s1. The third-order valence-electron chi connectivity index (χ3n) is 2.61. The van der Waals surface area contributed by atoms with Crippen molar-refractivity contribution in [3.05, 3.63) is 0 Å². The summed E-state index contributed by atoms with van der Waals surface area (Å²) in [6.45, 7) is -0.244. The minimum absolute atomic E-state index is 0.244. The number of hydrogen-bond donors (Lipinski definition) is 2. The smallest absolute Gasteiger partial charge is 0.184 e. The number of ether oxygens (including phenoxy) is 4. The van der Waals surface area contributed by atoms with Gasteiger partial charge in [0.05, 0.1) is 6.61 Å². The zero-order valence-corrected chi connectivity index (χ0v) is 9.12. The molecule has 0 saturated carbocycles. The molecule has 1 saturated heterocycles. The van der Waals surface area contributed by atoms with E-state index in [0.29, 0.717) is 0 Å². The van der Waals surface area contributed by atoms with E-state index in [1.165, 1.54) is 21.3 Å². The fourth-order valence-electron chi connectivity index (χ4n) is 1.85. The summed E-state index contributed by atoms with van der Waals surface area (Å²) in [5, 5.41) is 18.7. The van der Waals surface area contributed by atoms with E-state index >= 15 is 0 Å². The lowest BCUT2D eigenvalue weighted by Crippen LogP contribution is -2.60. The molecule has 6 nitrogen and oxygen atoms in total. The molecule has 0 aromatic heterocycles. The molecule has 0 amide bonds. The molecule has 5 atom stereocenters. The van der Waals surface area contributed by atoms with Gasteiger partial charge in [-0.25, -0.2) is 0 Å². The molecule has 0 bridgehead atoms. The van der Waals surface area contributed by atoms with E-state index in [1.807, 2.05) is 0 Å². The highest BCUT2D eigenvalue weighted by Gasteiger charge is 2.46. The Balaban J connectivity index is 2.80. The van der Waals surface area contributed by atoms with Crippen molar-refractivity contribution in [1.82, 2.24) is 0 Å². The van der Waals surface area contributed by atoms with Gasteiger partial charge in [-0.1, -0.05) is 0 Å². The highest BCUT2D eigenvalue weighted by atomic mass is 16.7. The molecule has 15 heavy (non-hydrogen) atoms. The Hall–Kier alpha value is -0.240. The van der Waals surface area contributed by atoms with Crippen molar-refractivity contribution in [2.75, 3.05) is 27.9 Å². The van der Waals surface area contributed by atoms with E-state index in [4.69, 9.17) is 24.1 Å². The van der Waals surface area contributed by atoms with Gasteiger partial charge in [0.25, 0.3) is 0 Å². The molecule has 6 heteroatoms. The first-order valence-electron chi connectivity index (χ1n) is 4.72. The van der Waals surface area contributed by atoms with Crippen LogP contribution in [0.15, 0.2) is 0 Å². The van der Waals surface area contributed by atoms with Crippen LogP contribution in [0, 0.1) is 0 Å². The van der Waals surface area contributed by atoms with Gasteiger partial charge in [0, 0.05) is 21.3 Å². The average Bonchev–Trinajstić information content (AvgIpc) is 2.27. The molecule has 90 valence electrons. The predicted octanol–water partition coefficient (Wildman–Crippen LogP) is -1.26.